The molecule has 1 aliphatic rings. The zero-order chi connectivity index (χ0) is 17.1. The molecule has 3 heterocycles. The molecule has 1 aliphatic heterocycles. The van der Waals surface area contributed by atoms with Crippen LogP contribution in [-0.2, 0) is 6.54 Å². The molecule has 0 amide bonds. The van der Waals surface area contributed by atoms with E-state index in [1.807, 2.05) is 42.5 Å². The van der Waals surface area contributed by atoms with Gasteiger partial charge in [-0.25, -0.2) is 4.98 Å². The summed E-state index contributed by atoms with van der Waals surface area (Å²) in [5.74, 6) is 0.765. The summed E-state index contributed by atoms with van der Waals surface area (Å²) in [6.45, 7) is 2.43. The fraction of sp³-hybridized carbons (Fsp3) is 0.250. The summed E-state index contributed by atoms with van der Waals surface area (Å²) in [6.07, 6.45) is 5.73. The predicted molar refractivity (Wildman–Crippen MR) is 98.7 cm³/mol. The van der Waals surface area contributed by atoms with Gasteiger partial charge >= 0.3 is 0 Å². The first kappa shape index (κ1) is 15.6. The Hall–Kier alpha value is -2.95. The number of hydrogen-bond donors (Lipinski definition) is 0. The average molecular weight is 332 g/mol. The maximum atomic E-state index is 12.9. The number of pyridine rings is 1. The first-order valence-electron chi connectivity index (χ1n) is 8.62. The summed E-state index contributed by atoms with van der Waals surface area (Å²) in [6, 6.07) is 15.4. The van der Waals surface area contributed by atoms with Crippen molar-refractivity contribution in [1.82, 2.24) is 14.5 Å². The Labute approximate surface area is 146 Å². The molecule has 0 unspecified atom stereocenters. The van der Waals surface area contributed by atoms with Crippen molar-refractivity contribution in [3.8, 4) is 11.3 Å². The van der Waals surface area contributed by atoms with Gasteiger partial charge in [-0.3, -0.25) is 14.3 Å². The highest BCUT2D eigenvalue weighted by Gasteiger charge is 2.20. The van der Waals surface area contributed by atoms with E-state index in [0.717, 1.165) is 43.0 Å². The van der Waals surface area contributed by atoms with Crippen molar-refractivity contribution in [3.05, 3.63) is 76.8 Å². The van der Waals surface area contributed by atoms with Crippen LogP contribution in [0.1, 0.15) is 18.4 Å². The van der Waals surface area contributed by atoms with Crippen molar-refractivity contribution < 1.29 is 0 Å². The molecule has 0 aliphatic carbocycles. The predicted octanol–water partition coefficient (Wildman–Crippen LogP) is 2.95. The molecule has 0 N–H and O–H groups in total. The molecule has 0 radical (unpaired) electrons. The third-order valence-corrected chi connectivity index (χ3v) is 4.54. The van der Waals surface area contributed by atoms with Crippen molar-refractivity contribution in [2.24, 2.45) is 0 Å². The van der Waals surface area contributed by atoms with Gasteiger partial charge in [-0.2, -0.15) is 0 Å². The second kappa shape index (κ2) is 6.89. The van der Waals surface area contributed by atoms with Crippen molar-refractivity contribution in [1.29, 1.82) is 0 Å². The van der Waals surface area contributed by atoms with Crippen molar-refractivity contribution in [2.45, 2.75) is 19.4 Å². The Bertz CT molecular complexity index is 900. The number of anilines is 1. The van der Waals surface area contributed by atoms with Crippen LogP contribution in [0.15, 0.2) is 65.7 Å². The summed E-state index contributed by atoms with van der Waals surface area (Å²) in [5, 5.41) is 0. The van der Waals surface area contributed by atoms with Crippen LogP contribution in [-0.4, -0.2) is 27.6 Å². The second-order valence-corrected chi connectivity index (χ2v) is 6.28. The van der Waals surface area contributed by atoms with Gasteiger partial charge in [-0.05, 0) is 30.5 Å². The summed E-state index contributed by atoms with van der Waals surface area (Å²) < 4.78 is 1.78. The van der Waals surface area contributed by atoms with Crippen molar-refractivity contribution in [3.63, 3.8) is 0 Å². The molecule has 1 aromatic carbocycles. The van der Waals surface area contributed by atoms with Crippen LogP contribution in [0.4, 0.5) is 5.95 Å². The monoisotopic (exact) mass is 332 g/mol. The van der Waals surface area contributed by atoms with E-state index >= 15 is 0 Å². The summed E-state index contributed by atoms with van der Waals surface area (Å²) >= 11 is 0. The zero-order valence-corrected chi connectivity index (χ0v) is 14.0. The fourth-order valence-corrected chi connectivity index (χ4v) is 3.24. The first-order chi connectivity index (χ1) is 12.3. The minimum atomic E-state index is -0.0208. The fourth-order valence-electron chi connectivity index (χ4n) is 3.24. The lowest BCUT2D eigenvalue weighted by Gasteiger charge is -2.22. The molecule has 5 nitrogen and oxygen atoms in total. The second-order valence-electron chi connectivity index (χ2n) is 6.28. The van der Waals surface area contributed by atoms with E-state index in [2.05, 4.69) is 9.88 Å². The van der Waals surface area contributed by atoms with Gasteiger partial charge < -0.3 is 4.90 Å². The lowest BCUT2D eigenvalue weighted by Crippen LogP contribution is -2.31. The number of hydrogen-bond acceptors (Lipinski definition) is 4. The highest BCUT2D eigenvalue weighted by molar-refractivity contribution is 5.59. The Balaban J connectivity index is 1.81. The maximum Gasteiger partial charge on any atom is 0.255 e. The van der Waals surface area contributed by atoms with E-state index in [-0.39, 0.29) is 5.56 Å². The SMILES string of the molecule is O=c1cc(-c2ccncc2)nc(N2CCCC2)n1Cc1ccccc1. The molecule has 1 fully saturated rings. The molecule has 4 rings (SSSR count). The van der Waals surface area contributed by atoms with Gasteiger partial charge in [-0.1, -0.05) is 30.3 Å². The minimum Gasteiger partial charge on any atom is -0.342 e. The van der Waals surface area contributed by atoms with Gasteiger partial charge in [0.05, 0.1) is 12.2 Å². The molecular formula is C20H20N4O. The number of nitrogens with zero attached hydrogens (tertiary/aromatic N) is 4. The molecule has 126 valence electrons. The summed E-state index contributed by atoms with van der Waals surface area (Å²) in [7, 11) is 0. The lowest BCUT2D eigenvalue weighted by molar-refractivity contribution is 0.707. The van der Waals surface area contributed by atoms with E-state index in [1.54, 1.807) is 23.0 Å². The van der Waals surface area contributed by atoms with Crippen LogP contribution in [0, 0.1) is 0 Å². The molecule has 0 saturated carbocycles. The van der Waals surface area contributed by atoms with E-state index in [9.17, 15) is 4.79 Å². The largest absolute Gasteiger partial charge is 0.342 e. The van der Waals surface area contributed by atoms with Gasteiger partial charge in [0.25, 0.3) is 5.56 Å². The number of rotatable bonds is 4. The summed E-state index contributed by atoms with van der Waals surface area (Å²) in [4.78, 5) is 24.0. The molecular weight excluding hydrogens is 312 g/mol. The Morgan fingerprint density at radius 3 is 2.40 bits per heavy atom. The molecule has 0 spiro atoms. The van der Waals surface area contributed by atoms with Crippen LogP contribution in [0.3, 0.4) is 0 Å². The standard InChI is InChI=1S/C20H20N4O/c25-19-14-18(17-8-10-21-11-9-17)22-20(23-12-4-5-13-23)24(19)15-16-6-2-1-3-7-16/h1-3,6-11,14H,4-5,12-13,15H2. The maximum absolute atomic E-state index is 12.9. The van der Waals surface area contributed by atoms with Gasteiger partial charge in [0, 0.05) is 37.1 Å². The van der Waals surface area contributed by atoms with Crippen molar-refractivity contribution in [2.75, 3.05) is 18.0 Å². The van der Waals surface area contributed by atoms with E-state index in [1.165, 1.54) is 0 Å². The minimum absolute atomic E-state index is 0.0208. The molecule has 2 aromatic heterocycles. The van der Waals surface area contributed by atoms with Crippen LogP contribution in [0.2, 0.25) is 0 Å². The van der Waals surface area contributed by atoms with E-state index < -0.39 is 0 Å². The zero-order valence-electron chi connectivity index (χ0n) is 14.0. The Kier molecular flexibility index (Phi) is 4.29. The van der Waals surface area contributed by atoms with Gasteiger partial charge in [0.15, 0.2) is 0 Å². The summed E-state index contributed by atoms with van der Waals surface area (Å²) in [5.41, 5.74) is 2.70. The smallest absolute Gasteiger partial charge is 0.255 e. The average Bonchev–Trinajstić information content (AvgIpc) is 3.19. The lowest BCUT2D eigenvalue weighted by atomic mass is 10.2. The van der Waals surface area contributed by atoms with Crippen LogP contribution >= 0.6 is 0 Å². The molecule has 5 heteroatoms. The van der Waals surface area contributed by atoms with Crippen LogP contribution in [0.5, 0.6) is 0 Å². The van der Waals surface area contributed by atoms with E-state index in [4.69, 9.17) is 4.98 Å². The van der Waals surface area contributed by atoms with Crippen LogP contribution < -0.4 is 10.5 Å². The molecule has 1 saturated heterocycles. The van der Waals surface area contributed by atoms with Gasteiger partial charge in [0.1, 0.15) is 0 Å². The molecule has 25 heavy (non-hydrogen) atoms. The van der Waals surface area contributed by atoms with Gasteiger partial charge in [-0.15, -0.1) is 0 Å². The highest BCUT2D eigenvalue weighted by Crippen LogP contribution is 2.22. The topological polar surface area (TPSA) is 51.0 Å². The van der Waals surface area contributed by atoms with Crippen molar-refractivity contribution >= 4 is 5.95 Å². The third-order valence-electron chi connectivity index (χ3n) is 4.54. The molecule has 3 aromatic rings. The normalized spacial score (nSPS) is 14.0. The highest BCUT2D eigenvalue weighted by atomic mass is 16.1. The third kappa shape index (κ3) is 3.31. The van der Waals surface area contributed by atoms with Crippen LogP contribution in [0.25, 0.3) is 11.3 Å². The number of benzene rings is 1. The Morgan fingerprint density at radius 2 is 1.68 bits per heavy atom. The Morgan fingerprint density at radius 1 is 0.960 bits per heavy atom. The first-order valence-corrected chi connectivity index (χ1v) is 8.62. The number of aromatic nitrogens is 3. The van der Waals surface area contributed by atoms with Gasteiger partial charge in [0.2, 0.25) is 5.95 Å². The quantitative estimate of drug-likeness (QED) is 0.737. The molecule has 0 bridgehead atoms. The molecule has 0 atom stereocenters. The van der Waals surface area contributed by atoms with E-state index in [0.29, 0.717) is 12.2 Å².